The monoisotopic (exact) mass is 399 g/mol. The molecule has 0 bridgehead atoms. The van der Waals surface area contributed by atoms with Crippen LogP contribution in [0, 0.1) is 0 Å². The number of aromatic carboxylic acids is 1. The van der Waals surface area contributed by atoms with Crippen LogP contribution in [0.5, 0.6) is 0 Å². The maximum absolute atomic E-state index is 12.1. The number of H-pyrrole nitrogens is 1. The van der Waals surface area contributed by atoms with E-state index in [1.54, 1.807) is 36.7 Å². The number of hydrogen-bond acceptors (Lipinski definition) is 5. The first kappa shape index (κ1) is 19.1. The number of amides is 1. The predicted molar refractivity (Wildman–Crippen MR) is 101 cm³/mol. The second-order valence-corrected chi connectivity index (χ2v) is 6.05. The Morgan fingerprint density at radius 1 is 1.11 bits per heavy atom. The first-order valence-corrected chi connectivity index (χ1v) is 8.41. The zero-order chi connectivity index (χ0) is 20.1. The summed E-state index contributed by atoms with van der Waals surface area (Å²) in [4.78, 5) is 42.1. The van der Waals surface area contributed by atoms with Gasteiger partial charge in [-0.2, -0.15) is 0 Å². The summed E-state index contributed by atoms with van der Waals surface area (Å²) in [6.07, 6.45) is 3.31. The van der Waals surface area contributed by atoms with Gasteiger partial charge in [0.1, 0.15) is 5.82 Å². The van der Waals surface area contributed by atoms with E-state index in [9.17, 15) is 14.4 Å². The van der Waals surface area contributed by atoms with Crippen LogP contribution in [0.25, 0.3) is 11.4 Å². The molecule has 28 heavy (non-hydrogen) atoms. The number of rotatable bonds is 6. The fourth-order valence-electron chi connectivity index (χ4n) is 2.34. The number of carboxylic acid groups (broad SMARTS) is 1. The molecule has 8 nitrogen and oxygen atoms in total. The summed E-state index contributed by atoms with van der Waals surface area (Å²) >= 11 is 5.94. The van der Waals surface area contributed by atoms with E-state index in [-0.39, 0.29) is 21.8 Å². The number of esters is 1. The summed E-state index contributed by atoms with van der Waals surface area (Å²) < 4.78 is 4.98. The Hall–Kier alpha value is -3.65. The van der Waals surface area contributed by atoms with Gasteiger partial charge in [0.15, 0.2) is 6.61 Å². The molecule has 0 spiro atoms. The maximum Gasteiger partial charge on any atom is 0.338 e. The number of benzene rings is 2. The normalized spacial score (nSPS) is 10.3. The van der Waals surface area contributed by atoms with Gasteiger partial charge in [-0.15, -0.1) is 0 Å². The van der Waals surface area contributed by atoms with Gasteiger partial charge in [0.2, 0.25) is 0 Å². The lowest BCUT2D eigenvalue weighted by atomic mass is 10.1. The first-order chi connectivity index (χ1) is 13.4. The lowest BCUT2D eigenvalue weighted by molar-refractivity contribution is -0.119. The van der Waals surface area contributed by atoms with Crippen molar-refractivity contribution in [3.8, 4) is 11.4 Å². The molecular formula is C19H14ClN3O5. The molecule has 0 saturated carbocycles. The van der Waals surface area contributed by atoms with Crippen molar-refractivity contribution in [1.29, 1.82) is 0 Å². The molecule has 0 atom stereocenters. The second kappa shape index (κ2) is 8.36. The molecule has 1 amide bonds. The minimum atomic E-state index is -1.16. The molecule has 0 aliphatic rings. The molecule has 0 fully saturated rings. The molecule has 2 aromatic carbocycles. The van der Waals surface area contributed by atoms with E-state index in [0.717, 1.165) is 5.56 Å². The minimum absolute atomic E-state index is 0.0339. The molecule has 0 aliphatic carbocycles. The summed E-state index contributed by atoms with van der Waals surface area (Å²) in [5.41, 5.74) is 1.15. The van der Waals surface area contributed by atoms with Crippen LogP contribution >= 0.6 is 11.6 Å². The maximum atomic E-state index is 12.1. The molecule has 1 aromatic heterocycles. The van der Waals surface area contributed by atoms with Crippen LogP contribution in [-0.4, -0.2) is 39.5 Å². The van der Waals surface area contributed by atoms with Crippen molar-refractivity contribution in [3.63, 3.8) is 0 Å². The number of carbonyl (C=O) groups excluding carboxylic acids is 2. The van der Waals surface area contributed by atoms with E-state index in [1.165, 1.54) is 18.2 Å². The zero-order valence-corrected chi connectivity index (χ0v) is 15.1. The van der Waals surface area contributed by atoms with Gasteiger partial charge in [-0.3, -0.25) is 4.79 Å². The molecule has 0 unspecified atom stereocenters. The summed E-state index contributed by atoms with van der Waals surface area (Å²) in [6, 6.07) is 10.4. The quantitative estimate of drug-likeness (QED) is 0.547. The van der Waals surface area contributed by atoms with E-state index in [4.69, 9.17) is 21.4 Å². The Kier molecular flexibility index (Phi) is 5.71. The van der Waals surface area contributed by atoms with Gasteiger partial charge in [-0.1, -0.05) is 23.7 Å². The Morgan fingerprint density at radius 2 is 1.82 bits per heavy atom. The average molecular weight is 400 g/mol. The largest absolute Gasteiger partial charge is 0.478 e. The lowest BCUT2D eigenvalue weighted by Crippen LogP contribution is -2.21. The topological polar surface area (TPSA) is 121 Å². The van der Waals surface area contributed by atoms with Crippen LogP contribution in [0.3, 0.4) is 0 Å². The smallest absolute Gasteiger partial charge is 0.338 e. The molecule has 0 aliphatic heterocycles. The van der Waals surface area contributed by atoms with E-state index >= 15 is 0 Å². The van der Waals surface area contributed by atoms with E-state index in [0.29, 0.717) is 5.82 Å². The minimum Gasteiger partial charge on any atom is -0.478 e. The summed E-state index contributed by atoms with van der Waals surface area (Å²) in [5, 5.41) is 11.6. The van der Waals surface area contributed by atoms with Gasteiger partial charge < -0.3 is 20.1 Å². The van der Waals surface area contributed by atoms with Crippen molar-refractivity contribution in [2.45, 2.75) is 0 Å². The van der Waals surface area contributed by atoms with Crippen LogP contribution in [0.1, 0.15) is 20.7 Å². The molecule has 3 N–H and O–H groups in total. The van der Waals surface area contributed by atoms with Crippen LogP contribution in [0.4, 0.5) is 5.69 Å². The standard InChI is InChI=1S/C19H14ClN3O5/c20-14-6-5-13(18(25)26)9-15(14)23-16(24)10-28-19(27)12-3-1-11(2-4-12)17-21-7-8-22-17/h1-9H,10H2,(H,21,22)(H,23,24)(H,25,26). The molecular weight excluding hydrogens is 386 g/mol. The number of aromatic amines is 1. The van der Waals surface area contributed by atoms with Crippen LogP contribution in [-0.2, 0) is 9.53 Å². The number of nitrogens with one attached hydrogen (secondary N) is 2. The van der Waals surface area contributed by atoms with Gasteiger partial charge in [0.05, 0.1) is 21.8 Å². The molecule has 3 aromatic rings. The fraction of sp³-hybridized carbons (Fsp3) is 0.0526. The van der Waals surface area contributed by atoms with Crippen molar-refractivity contribution in [1.82, 2.24) is 9.97 Å². The van der Waals surface area contributed by atoms with Crippen molar-refractivity contribution in [2.24, 2.45) is 0 Å². The number of carbonyl (C=O) groups is 3. The van der Waals surface area contributed by atoms with Crippen molar-refractivity contribution < 1.29 is 24.2 Å². The molecule has 0 radical (unpaired) electrons. The number of imidazole rings is 1. The van der Waals surface area contributed by atoms with Gasteiger partial charge in [0.25, 0.3) is 5.91 Å². The highest BCUT2D eigenvalue weighted by atomic mass is 35.5. The molecule has 9 heteroatoms. The van der Waals surface area contributed by atoms with Crippen molar-refractivity contribution in [2.75, 3.05) is 11.9 Å². The Balaban J connectivity index is 1.58. The van der Waals surface area contributed by atoms with Gasteiger partial charge in [-0.05, 0) is 30.3 Å². The fourth-order valence-corrected chi connectivity index (χ4v) is 2.51. The third kappa shape index (κ3) is 4.54. The van der Waals surface area contributed by atoms with Crippen molar-refractivity contribution in [3.05, 3.63) is 71.0 Å². The lowest BCUT2D eigenvalue weighted by Gasteiger charge is -2.09. The summed E-state index contributed by atoms with van der Waals surface area (Å²) in [5.74, 6) is -1.81. The molecule has 142 valence electrons. The Bertz CT molecular complexity index is 1020. The third-order valence-corrected chi connectivity index (χ3v) is 4.04. The van der Waals surface area contributed by atoms with Crippen LogP contribution < -0.4 is 5.32 Å². The third-order valence-electron chi connectivity index (χ3n) is 3.71. The number of carboxylic acids is 1. The molecule has 1 heterocycles. The number of nitrogens with zero attached hydrogens (tertiary/aromatic N) is 1. The number of anilines is 1. The van der Waals surface area contributed by atoms with E-state index < -0.39 is 24.5 Å². The highest BCUT2D eigenvalue weighted by Crippen LogP contribution is 2.23. The van der Waals surface area contributed by atoms with Crippen LogP contribution in [0.15, 0.2) is 54.9 Å². The highest BCUT2D eigenvalue weighted by molar-refractivity contribution is 6.33. The Labute approximate surface area is 164 Å². The molecule has 3 rings (SSSR count). The van der Waals surface area contributed by atoms with Gasteiger partial charge >= 0.3 is 11.9 Å². The average Bonchev–Trinajstić information content (AvgIpc) is 3.22. The highest BCUT2D eigenvalue weighted by Gasteiger charge is 2.13. The summed E-state index contributed by atoms with van der Waals surface area (Å²) in [6.45, 7) is -0.549. The second-order valence-electron chi connectivity index (χ2n) is 5.64. The van der Waals surface area contributed by atoms with E-state index in [1.807, 2.05) is 0 Å². The van der Waals surface area contributed by atoms with Gasteiger partial charge in [-0.25, -0.2) is 14.6 Å². The zero-order valence-electron chi connectivity index (χ0n) is 14.3. The first-order valence-electron chi connectivity index (χ1n) is 8.03. The SMILES string of the molecule is O=C(COC(=O)c1ccc(-c2ncc[nH]2)cc1)Nc1cc(C(=O)O)ccc1Cl. The van der Waals surface area contributed by atoms with Crippen LogP contribution in [0.2, 0.25) is 5.02 Å². The predicted octanol–water partition coefficient (Wildman–Crippen LogP) is 3.22. The number of halogens is 1. The number of hydrogen-bond donors (Lipinski definition) is 3. The Morgan fingerprint density at radius 3 is 2.46 bits per heavy atom. The van der Waals surface area contributed by atoms with E-state index in [2.05, 4.69) is 15.3 Å². The molecule has 0 saturated heterocycles. The van der Waals surface area contributed by atoms with Gasteiger partial charge in [0, 0.05) is 18.0 Å². The van der Waals surface area contributed by atoms with Crippen molar-refractivity contribution >= 4 is 35.1 Å². The number of ether oxygens (including phenoxy) is 1. The summed E-state index contributed by atoms with van der Waals surface area (Å²) in [7, 11) is 0. The number of aromatic nitrogens is 2.